The topological polar surface area (TPSA) is 23.5 Å². The highest BCUT2D eigenvalue weighted by Gasteiger charge is 2.14. The van der Waals surface area contributed by atoms with Crippen molar-refractivity contribution in [3.63, 3.8) is 0 Å². The molecular weight excluding hydrogens is 205 g/mol. The first-order valence-corrected chi connectivity index (χ1v) is 5.31. The molecule has 0 saturated heterocycles. The molecule has 0 unspecified atom stereocenters. The molecule has 16 heavy (non-hydrogen) atoms. The smallest absolute Gasteiger partial charge is 0.146 e. The number of para-hydroxylation sites is 1. The van der Waals surface area contributed by atoms with Crippen molar-refractivity contribution in [2.75, 3.05) is 18.0 Å². The van der Waals surface area contributed by atoms with Gasteiger partial charge in [0.1, 0.15) is 5.82 Å². The Kier molecular flexibility index (Phi) is 4.81. The fourth-order valence-corrected chi connectivity index (χ4v) is 1.69. The van der Waals surface area contributed by atoms with Gasteiger partial charge in [-0.3, -0.25) is 0 Å². The molecule has 0 spiro atoms. The zero-order valence-corrected chi connectivity index (χ0v) is 9.41. The van der Waals surface area contributed by atoms with E-state index in [9.17, 15) is 9.50 Å². The van der Waals surface area contributed by atoms with Crippen LogP contribution < -0.4 is 4.90 Å². The molecule has 0 aliphatic heterocycles. The van der Waals surface area contributed by atoms with Crippen LogP contribution in [0.25, 0.3) is 0 Å². The van der Waals surface area contributed by atoms with Gasteiger partial charge in [0.25, 0.3) is 0 Å². The van der Waals surface area contributed by atoms with E-state index >= 15 is 0 Å². The molecule has 0 bridgehead atoms. The lowest BCUT2D eigenvalue weighted by atomic mass is 10.1. The van der Waals surface area contributed by atoms with Crippen molar-refractivity contribution in [2.45, 2.75) is 20.0 Å². The lowest BCUT2D eigenvalue weighted by molar-refractivity contribution is 0.281. The molecule has 0 aliphatic rings. The zero-order valence-electron chi connectivity index (χ0n) is 9.41. The monoisotopic (exact) mass is 221 g/mol. The molecule has 1 aromatic rings. The average molecular weight is 221 g/mol. The Morgan fingerprint density at radius 3 is 2.81 bits per heavy atom. The van der Waals surface area contributed by atoms with Crippen LogP contribution in [0.2, 0.25) is 0 Å². The molecule has 1 N–H and O–H groups in total. The first-order valence-electron chi connectivity index (χ1n) is 5.31. The van der Waals surface area contributed by atoms with Crippen LogP contribution in [0.15, 0.2) is 18.2 Å². The maximum Gasteiger partial charge on any atom is 0.146 e. The molecule has 86 valence electrons. The predicted molar refractivity (Wildman–Crippen MR) is 63.7 cm³/mol. The molecule has 0 heterocycles. The zero-order chi connectivity index (χ0) is 12.0. The fourth-order valence-electron chi connectivity index (χ4n) is 1.69. The van der Waals surface area contributed by atoms with E-state index in [1.165, 1.54) is 6.07 Å². The second-order valence-corrected chi connectivity index (χ2v) is 3.53. The fraction of sp³-hybridized carbons (Fsp3) is 0.385. The highest BCUT2D eigenvalue weighted by molar-refractivity contribution is 5.55. The van der Waals surface area contributed by atoms with Crippen LogP contribution in [-0.2, 0) is 6.61 Å². The summed E-state index contributed by atoms with van der Waals surface area (Å²) in [6.07, 6.45) is 6.14. The van der Waals surface area contributed by atoms with Gasteiger partial charge in [-0.05, 0) is 12.5 Å². The predicted octanol–water partition coefficient (Wildman–Crippen LogP) is 2.17. The summed E-state index contributed by atoms with van der Waals surface area (Å²) >= 11 is 0. The first kappa shape index (κ1) is 12.5. The van der Waals surface area contributed by atoms with Crippen molar-refractivity contribution >= 4 is 5.69 Å². The lowest BCUT2D eigenvalue weighted by Crippen LogP contribution is -2.26. The third-order valence-electron chi connectivity index (χ3n) is 2.33. The Hall–Kier alpha value is -1.53. The number of benzene rings is 1. The van der Waals surface area contributed by atoms with Crippen molar-refractivity contribution in [1.82, 2.24) is 0 Å². The SMILES string of the molecule is C#CCN(CCC)c1c(F)cccc1CO. The van der Waals surface area contributed by atoms with Crippen LogP contribution in [0.5, 0.6) is 0 Å². The van der Waals surface area contributed by atoms with Crippen LogP contribution in [0.3, 0.4) is 0 Å². The van der Waals surface area contributed by atoms with Gasteiger partial charge in [0.2, 0.25) is 0 Å². The molecule has 0 aromatic heterocycles. The third-order valence-corrected chi connectivity index (χ3v) is 2.33. The van der Waals surface area contributed by atoms with Gasteiger partial charge in [0.15, 0.2) is 0 Å². The number of hydrogen-bond acceptors (Lipinski definition) is 2. The van der Waals surface area contributed by atoms with Gasteiger partial charge in [-0.25, -0.2) is 4.39 Å². The molecule has 0 radical (unpaired) electrons. The van der Waals surface area contributed by atoms with Crippen molar-refractivity contribution in [3.8, 4) is 12.3 Å². The summed E-state index contributed by atoms with van der Waals surface area (Å²) in [6.45, 7) is 2.85. The Bertz CT molecular complexity index is 384. The normalized spacial score (nSPS) is 9.88. The lowest BCUT2D eigenvalue weighted by Gasteiger charge is -2.24. The van der Waals surface area contributed by atoms with Gasteiger partial charge in [-0.1, -0.05) is 25.0 Å². The van der Waals surface area contributed by atoms with Gasteiger partial charge in [-0.15, -0.1) is 6.42 Å². The summed E-state index contributed by atoms with van der Waals surface area (Å²) in [6, 6.07) is 4.68. The van der Waals surface area contributed by atoms with Crippen LogP contribution in [0.4, 0.5) is 10.1 Å². The minimum absolute atomic E-state index is 0.183. The molecule has 0 amide bonds. The molecule has 2 nitrogen and oxygen atoms in total. The first-order chi connectivity index (χ1) is 7.74. The summed E-state index contributed by atoms with van der Waals surface area (Å²) in [5.41, 5.74) is 0.994. The van der Waals surface area contributed by atoms with E-state index in [1.807, 2.05) is 6.92 Å². The highest BCUT2D eigenvalue weighted by Crippen LogP contribution is 2.24. The minimum atomic E-state index is -0.338. The standard InChI is InChI=1S/C13H16FNO/c1-3-8-15(9-4-2)13-11(10-16)6-5-7-12(13)14/h1,5-7,16H,4,8-10H2,2H3. The van der Waals surface area contributed by atoms with Gasteiger partial charge in [0, 0.05) is 12.1 Å². The second kappa shape index (κ2) is 6.14. The second-order valence-electron chi connectivity index (χ2n) is 3.53. The summed E-state index contributed by atoms with van der Waals surface area (Å²) in [5.74, 6) is 2.17. The van der Waals surface area contributed by atoms with Gasteiger partial charge in [0.05, 0.1) is 18.8 Å². The molecule has 3 heteroatoms. The van der Waals surface area contributed by atoms with E-state index in [4.69, 9.17) is 6.42 Å². The average Bonchev–Trinajstić information content (AvgIpc) is 2.28. The van der Waals surface area contributed by atoms with E-state index in [0.29, 0.717) is 24.3 Å². The summed E-state index contributed by atoms with van der Waals surface area (Å²) in [4.78, 5) is 1.78. The number of anilines is 1. The number of hydrogen-bond donors (Lipinski definition) is 1. The van der Waals surface area contributed by atoms with E-state index in [2.05, 4.69) is 5.92 Å². The summed E-state index contributed by atoms with van der Waals surface area (Å²) in [7, 11) is 0. The maximum absolute atomic E-state index is 13.7. The van der Waals surface area contributed by atoms with Crippen LogP contribution >= 0.6 is 0 Å². The molecule has 0 aliphatic carbocycles. The quantitative estimate of drug-likeness (QED) is 0.770. The van der Waals surface area contributed by atoms with Crippen LogP contribution in [0.1, 0.15) is 18.9 Å². The van der Waals surface area contributed by atoms with Crippen LogP contribution in [-0.4, -0.2) is 18.2 Å². The summed E-state index contributed by atoms with van der Waals surface area (Å²) < 4.78 is 13.7. The van der Waals surface area contributed by atoms with Crippen molar-refractivity contribution in [1.29, 1.82) is 0 Å². The Morgan fingerprint density at radius 1 is 1.50 bits per heavy atom. The van der Waals surface area contributed by atoms with E-state index in [0.717, 1.165) is 6.42 Å². The molecule has 0 atom stereocenters. The molecular formula is C13H16FNO. The molecule has 1 aromatic carbocycles. The Balaban J connectivity index is 3.11. The van der Waals surface area contributed by atoms with Gasteiger partial charge < -0.3 is 10.0 Å². The van der Waals surface area contributed by atoms with E-state index in [1.54, 1.807) is 17.0 Å². The van der Waals surface area contributed by atoms with E-state index < -0.39 is 0 Å². The molecule has 0 saturated carbocycles. The Morgan fingerprint density at radius 2 is 2.25 bits per heavy atom. The maximum atomic E-state index is 13.7. The van der Waals surface area contributed by atoms with Crippen LogP contribution in [0, 0.1) is 18.2 Å². The number of terminal acetylenes is 1. The number of halogens is 1. The minimum Gasteiger partial charge on any atom is -0.392 e. The molecule has 1 rings (SSSR count). The number of aliphatic hydroxyl groups is 1. The number of rotatable bonds is 5. The van der Waals surface area contributed by atoms with Crippen molar-refractivity contribution in [2.24, 2.45) is 0 Å². The Labute approximate surface area is 95.7 Å². The van der Waals surface area contributed by atoms with Gasteiger partial charge >= 0.3 is 0 Å². The van der Waals surface area contributed by atoms with E-state index in [-0.39, 0.29) is 12.4 Å². The number of nitrogens with zero attached hydrogens (tertiary/aromatic N) is 1. The largest absolute Gasteiger partial charge is 0.392 e. The van der Waals surface area contributed by atoms with Gasteiger partial charge in [-0.2, -0.15) is 0 Å². The number of aliphatic hydroxyl groups excluding tert-OH is 1. The highest BCUT2D eigenvalue weighted by atomic mass is 19.1. The molecule has 0 fully saturated rings. The van der Waals surface area contributed by atoms with Crippen molar-refractivity contribution < 1.29 is 9.50 Å². The van der Waals surface area contributed by atoms with Crippen molar-refractivity contribution in [3.05, 3.63) is 29.6 Å². The summed E-state index contributed by atoms with van der Waals surface area (Å²) in [5, 5.41) is 9.18. The third kappa shape index (κ3) is 2.74.